The largest absolute Gasteiger partial charge is 0.496 e. The average molecular weight is 223 g/mol. The van der Waals surface area contributed by atoms with Crippen LogP contribution in [0.3, 0.4) is 0 Å². The minimum atomic E-state index is -1.33. The minimum absolute atomic E-state index is 0.0747. The quantitative estimate of drug-likeness (QED) is 0.511. The van der Waals surface area contributed by atoms with Gasteiger partial charge in [0, 0.05) is 17.7 Å². The van der Waals surface area contributed by atoms with E-state index >= 15 is 0 Å². The number of carbonyl (C=O) groups is 1. The van der Waals surface area contributed by atoms with Crippen LogP contribution in [0.25, 0.3) is 0 Å². The first kappa shape index (κ1) is 12.0. The van der Waals surface area contributed by atoms with Gasteiger partial charge in [-0.05, 0) is 6.07 Å². The van der Waals surface area contributed by atoms with Crippen molar-refractivity contribution in [2.24, 2.45) is 16.5 Å². The third-order valence-electron chi connectivity index (χ3n) is 2.02. The summed E-state index contributed by atoms with van der Waals surface area (Å²) in [7, 11) is 1.50. The summed E-state index contributed by atoms with van der Waals surface area (Å²) < 4.78 is 5.09. The standard InChI is InChI=1S/C10H13N3O3/c1-16-8-4-6(2-3-7(8)5-11)9(12)13-10(14)15/h2-4H,5,11H2,1H3,(H2,12,13)(H,14,15). The smallest absolute Gasteiger partial charge is 0.433 e. The maximum atomic E-state index is 10.3. The van der Waals surface area contributed by atoms with Gasteiger partial charge in [-0.25, -0.2) is 4.79 Å². The predicted octanol–water partition coefficient (Wildman–Crippen LogP) is 0.537. The van der Waals surface area contributed by atoms with Crippen LogP contribution in [0.2, 0.25) is 0 Å². The molecule has 0 fully saturated rings. The van der Waals surface area contributed by atoms with E-state index in [9.17, 15) is 4.79 Å². The van der Waals surface area contributed by atoms with E-state index in [2.05, 4.69) is 4.99 Å². The highest BCUT2D eigenvalue weighted by Crippen LogP contribution is 2.19. The summed E-state index contributed by atoms with van der Waals surface area (Å²) in [6.45, 7) is 0.333. The molecule has 5 N–H and O–H groups in total. The summed E-state index contributed by atoms with van der Waals surface area (Å²) in [5, 5.41) is 8.45. The number of ether oxygens (including phenoxy) is 1. The van der Waals surface area contributed by atoms with Crippen molar-refractivity contribution in [3.63, 3.8) is 0 Å². The molecular formula is C10H13N3O3. The predicted molar refractivity (Wildman–Crippen MR) is 59.6 cm³/mol. The fraction of sp³-hybridized carbons (Fsp3) is 0.200. The van der Waals surface area contributed by atoms with Crippen molar-refractivity contribution >= 4 is 11.9 Å². The molecule has 0 bridgehead atoms. The number of amides is 1. The van der Waals surface area contributed by atoms with Crippen molar-refractivity contribution in [3.8, 4) is 5.75 Å². The molecule has 1 aromatic rings. The summed E-state index contributed by atoms with van der Waals surface area (Å²) >= 11 is 0. The molecule has 6 heteroatoms. The van der Waals surface area contributed by atoms with Gasteiger partial charge in [-0.15, -0.1) is 0 Å². The first-order valence-corrected chi connectivity index (χ1v) is 4.53. The molecule has 6 nitrogen and oxygen atoms in total. The SMILES string of the molecule is COc1cc(/C(N)=N/C(=O)O)ccc1CN. The Hall–Kier alpha value is -2.08. The number of rotatable bonds is 3. The van der Waals surface area contributed by atoms with Crippen molar-refractivity contribution < 1.29 is 14.6 Å². The Morgan fingerprint density at radius 2 is 2.25 bits per heavy atom. The van der Waals surface area contributed by atoms with Crippen LogP contribution >= 0.6 is 0 Å². The van der Waals surface area contributed by atoms with Crippen LogP contribution in [0.1, 0.15) is 11.1 Å². The number of amidine groups is 1. The molecule has 1 amide bonds. The Bertz CT molecular complexity index is 429. The van der Waals surface area contributed by atoms with E-state index in [-0.39, 0.29) is 5.84 Å². The maximum Gasteiger partial charge on any atom is 0.433 e. The van der Waals surface area contributed by atoms with E-state index in [0.717, 1.165) is 5.56 Å². The highest BCUT2D eigenvalue weighted by Gasteiger charge is 2.06. The molecule has 0 aliphatic heterocycles. The third-order valence-corrected chi connectivity index (χ3v) is 2.02. The van der Waals surface area contributed by atoms with Crippen molar-refractivity contribution in [2.45, 2.75) is 6.54 Å². The highest BCUT2D eigenvalue weighted by atomic mass is 16.5. The third kappa shape index (κ3) is 2.71. The second kappa shape index (κ2) is 5.13. The summed E-state index contributed by atoms with van der Waals surface area (Å²) in [5.74, 6) is 0.484. The molecule has 0 aromatic heterocycles. The average Bonchev–Trinajstić information content (AvgIpc) is 2.27. The lowest BCUT2D eigenvalue weighted by Crippen LogP contribution is -2.15. The van der Waals surface area contributed by atoms with Gasteiger partial charge < -0.3 is 21.3 Å². The van der Waals surface area contributed by atoms with Crippen molar-refractivity contribution in [1.29, 1.82) is 0 Å². The van der Waals surface area contributed by atoms with Crippen LogP contribution in [0, 0.1) is 0 Å². The Morgan fingerprint density at radius 3 is 2.75 bits per heavy atom. The van der Waals surface area contributed by atoms with Gasteiger partial charge in [-0.2, -0.15) is 4.99 Å². The lowest BCUT2D eigenvalue weighted by Gasteiger charge is -2.08. The van der Waals surface area contributed by atoms with E-state index in [4.69, 9.17) is 21.3 Å². The first-order valence-electron chi connectivity index (χ1n) is 4.53. The van der Waals surface area contributed by atoms with Crippen LogP contribution in [-0.2, 0) is 6.54 Å². The lowest BCUT2D eigenvalue weighted by atomic mass is 10.1. The molecule has 86 valence electrons. The fourth-order valence-corrected chi connectivity index (χ4v) is 1.24. The van der Waals surface area contributed by atoms with Crippen LogP contribution in [0.5, 0.6) is 5.75 Å². The molecule has 0 heterocycles. The number of benzene rings is 1. The molecule has 0 atom stereocenters. The van der Waals surface area contributed by atoms with Crippen molar-refractivity contribution in [2.75, 3.05) is 7.11 Å². The van der Waals surface area contributed by atoms with E-state index in [1.165, 1.54) is 7.11 Å². The molecule has 0 unspecified atom stereocenters. The van der Waals surface area contributed by atoms with E-state index in [0.29, 0.717) is 17.9 Å². The van der Waals surface area contributed by atoms with Gasteiger partial charge >= 0.3 is 6.09 Å². The van der Waals surface area contributed by atoms with Gasteiger partial charge in [0.05, 0.1) is 7.11 Å². The van der Waals surface area contributed by atoms with Gasteiger partial charge in [0.15, 0.2) is 0 Å². The summed E-state index contributed by atoms with van der Waals surface area (Å²) in [6, 6.07) is 4.97. The monoisotopic (exact) mass is 223 g/mol. The number of methoxy groups -OCH3 is 1. The van der Waals surface area contributed by atoms with Crippen LogP contribution < -0.4 is 16.2 Å². The van der Waals surface area contributed by atoms with Gasteiger partial charge in [-0.3, -0.25) is 0 Å². The lowest BCUT2D eigenvalue weighted by molar-refractivity contribution is 0.205. The van der Waals surface area contributed by atoms with E-state index < -0.39 is 6.09 Å². The second-order valence-electron chi connectivity index (χ2n) is 3.01. The molecule has 0 saturated carbocycles. The Morgan fingerprint density at radius 1 is 1.56 bits per heavy atom. The zero-order valence-corrected chi connectivity index (χ0v) is 8.80. The number of hydrogen-bond donors (Lipinski definition) is 3. The maximum absolute atomic E-state index is 10.3. The highest BCUT2D eigenvalue weighted by molar-refractivity contribution is 6.02. The Kier molecular flexibility index (Phi) is 3.84. The van der Waals surface area contributed by atoms with Gasteiger partial charge in [-0.1, -0.05) is 12.1 Å². The van der Waals surface area contributed by atoms with E-state index in [1.54, 1.807) is 18.2 Å². The summed E-state index contributed by atoms with van der Waals surface area (Å²) in [4.78, 5) is 13.5. The zero-order chi connectivity index (χ0) is 12.1. The molecule has 0 spiro atoms. The Balaban J connectivity index is 3.13. The first-order chi connectivity index (χ1) is 7.58. The van der Waals surface area contributed by atoms with Gasteiger partial charge in [0.2, 0.25) is 0 Å². The van der Waals surface area contributed by atoms with Crippen molar-refractivity contribution in [1.82, 2.24) is 0 Å². The van der Waals surface area contributed by atoms with Gasteiger partial charge in [0.25, 0.3) is 0 Å². The topological polar surface area (TPSA) is 111 Å². The van der Waals surface area contributed by atoms with Gasteiger partial charge in [0.1, 0.15) is 11.6 Å². The zero-order valence-electron chi connectivity index (χ0n) is 8.80. The molecule has 0 aliphatic carbocycles. The van der Waals surface area contributed by atoms with Crippen LogP contribution in [-0.4, -0.2) is 24.1 Å². The number of aliphatic imine (C=N–C) groups is 1. The number of nitrogens with two attached hydrogens (primary N) is 2. The number of hydrogen-bond acceptors (Lipinski definition) is 3. The van der Waals surface area contributed by atoms with E-state index in [1.807, 2.05) is 0 Å². The molecule has 0 radical (unpaired) electrons. The van der Waals surface area contributed by atoms with Crippen LogP contribution in [0.4, 0.5) is 4.79 Å². The van der Waals surface area contributed by atoms with Crippen LogP contribution in [0.15, 0.2) is 23.2 Å². The molecule has 0 aliphatic rings. The molecular weight excluding hydrogens is 210 g/mol. The van der Waals surface area contributed by atoms with Crippen molar-refractivity contribution in [3.05, 3.63) is 29.3 Å². The Labute approximate surface area is 92.5 Å². The number of nitrogens with zero attached hydrogens (tertiary/aromatic N) is 1. The fourth-order valence-electron chi connectivity index (χ4n) is 1.24. The normalized spacial score (nSPS) is 11.2. The molecule has 1 aromatic carbocycles. The molecule has 16 heavy (non-hydrogen) atoms. The molecule has 1 rings (SSSR count). The summed E-state index contributed by atoms with van der Waals surface area (Å²) in [5.41, 5.74) is 12.3. The summed E-state index contributed by atoms with van der Waals surface area (Å²) in [6.07, 6.45) is -1.33. The minimum Gasteiger partial charge on any atom is -0.496 e. The number of carboxylic acid groups (broad SMARTS) is 1. The molecule has 0 saturated heterocycles. The second-order valence-corrected chi connectivity index (χ2v) is 3.01.